The summed E-state index contributed by atoms with van der Waals surface area (Å²) in [6.07, 6.45) is 13.5. The van der Waals surface area contributed by atoms with E-state index in [1.165, 1.54) is 50.6 Å². The van der Waals surface area contributed by atoms with E-state index in [-0.39, 0.29) is 0 Å². The number of nitrogens with one attached hydrogen (secondary N) is 1. The van der Waals surface area contributed by atoms with E-state index >= 15 is 0 Å². The van der Waals surface area contributed by atoms with Crippen LogP contribution in [0.15, 0.2) is 12.5 Å². The molecule has 108 valence electrons. The minimum Gasteiger partial charge on any atom is -0.333 e. The maximum absolute atomic E-state index is 4.28. The van der Waals surface area contributed by atoms with Crippen LogP contribution < -0.4 is 5.32 Å². The van der Waals surface area contributed by atoms with Gasteiger partial charge in [0, 0.05) is 25.3 Å². The van der Waals surface area contributed by atoms with Crippen LogP contribution in [0.1, 0.15) is 64.5 Å². The first-order chi connectivity index (χ1) is 9.35. The molecule has 1 heterocycles. The molecule has 0 amide bonds. The van der Waals surface area contributed by atoms with Crippen molar-refractivity contribution in [2.24, 2.45) is 5.92 Å². The summed E-state index contributed by atoms with van der Waals surface area (Å²) in [6.45, 7) is 6.58. The van der Waals surface area contributed by atoms with Gasteiger partial charge in [0.25, 0.3) is 0 Å². The smallest absolute Gasteiger partial charge is 0.0948 e. The van der Waals surface area contributed by atoms with Gasteiger partial charge in [0.05, 0.1) is 12.0 Å². The Morgan fingerprint density at radius 3 is 2.79 bits per heavy atom. The molecular formula is C16H29N3. The Morgan fingerprint density at radius 2 is 2.11 bits per heavy atom. The van der Waals surface area contributed by atoms with E-state index < -0.39 is 0 Å². The molecule has 0 aromatic carbocycles. The summed E-state index contributed by atoms with van der Waals surface area (Å²) in [7, 11) is 0. The van der Waals surface area contributed by atoms with Gasteiger partial charge in [-0.05, 0) is 31.6 Å². The monoisotopic (exact) mass is 263 g/mol. The van der Waals surface area contributed by atoms with E-state index in [0.29, 0.717) is 6.04 Å². The minimum absolute atomic E-state index is 0.685. The van der Waals surface area contributed by atoms with Crippen LogP contribution in [0.5, 0.6) is 0 Å². The lowest BCUT2D eigenvalue weighted by Gasteiger charge is -2.30. The molecule has 1 aliphatic carbocycles. The number of hydrogen-bond acceptors (Lipinski definition) is 2. The normalized spacial score (nSPS) is 18.6. The van der Waals surface area contributed by atoms with Crippen molar-refractivity contribution in [1.82, 2.24) is 14.9 Å². The molecule has 1 fully saturated rings. The van der Waals surface area contributed by atoms with Crippen molar-refractivity contribution in [2.45, 2.75) is 77.9 Å². The molecule has 1 saturated carbocycles. The summed E-state index contributed by atoms with van der Waals surface area (Å²) in [4.78, 5) is 4.28. The third-order valence-corrected chi connectivity index (χ3v) is 4.47. The number of nitrogens with zero attached hydrogens (tertiary/aromatic N) is 2. The Bertz CT molecular complexity index is 353. The first-order valence-electron chi connectivity index (χ1n) is 8.07. The molecule has 1 atom stereocenters. The van der Waals surface area contributed by atoms with Crippen molar-refractivity contribution in [1.29, 1.82) is 0 Å². The van der Waals surface area contributed by atoms with Crippen molar-refractivity contribution in [3.63, 3.8) is 0 Å². The first-order valence-corrected chi connectivity index (χ1v) is 8.07. The lowest BCUT2D eigenvalue weighted by Crippen LogP contribution is -2.36. The van der Waals surface area contributed by atoms with Crippen LogP contribution in [0.3, 0.4) is 0 Å². The molecule has 1 unspecified atom stereocenters. The zero-order chi connectivity index (χ0) is 13.5. The quantitative estimate of drug-likeness (QED) is 0.812. The Morgan fingerprint density at radius 1 is 1.32 bits per heavy atom. The highest BCUT2D eigenvalue weighted by molar-refractivity contribution is 4.98. The molecule has 0 bridgehead atoms. The van der Waals surface area contributed by atoms with E-state index in [1.807, 2.05) is 12.5 Å². The summed E-state index contributed by atoms with van der Waals surface area (Å²) >= 11 is 0. The van der Waals surface area contributed by atoms with E-state index in [9.17, 15) is 0 Å². The average Bonchev–Trinajstić information content (AvgIpc) is 2.89. The second-order valence-corrected chi connectivity index (χ2v) is 5.87. The van der Waals surface area contributed by atoms with Crippen LogP contribution >= 0.6 is 0 Å². The second kappa shape index (κ2) is 7.68. The van der Waals surface area contributed by atoms with Gasteiger partial charge < -0.3 is 9.88 Å². The predicted octanol–water partition coefficient (Wildman–Crippen LogP) is 3.74. The molecule has 0 spiro atoms. The summed E-state index contributed by atoms with van der Waals surface area (Å²) in [5.74, 6) is 0.890. The molecule has 0 aliphatic heterocycles. The fraction of sp³-hybridized carbons (Fsp3) is 0.812. The van der Waals surface area contributed by atoms with Gasteiger partial charge in [-0.25, -0.2) is 4.98 Å². The maximum atomic E-state index is 4.28. The van der Waals surface area contributed by atoms with Crippen LogP contribution in [0.25, 0.3) is 0 Å². The van der Waals surface area contributed by atoms with Crippen LogP contribution in [-0.2, 0) is 13.1 Å². The lowest BCUT2D eigenvalue weighted by molar-refractivity contribution is 0.260. The van der Waals surface area contributed by atoms with Gasteiger partial charge in [-0.3, -0.25) is 0 Å². The van der Waals surface area contributed by atoms with Crippen molar-refractivity contribution in [2.75, 3.05) is 0 Å². The van der Waals surface area contributed by atoms with Gasteiger partial charge in [-0.1, -0.05) is 33.1 Å². The van der Waals surface area contributed by atoms with Gasteiger partial charge in [0.2, 0.25) is 0 Å². The van der Waals surface area contributed by atoms with Crippen molar-refractivity contribution in [3.8, 4) is 0 Å². The minimum atomic E-state index is 0.685. The number of rotatable bonds is 7. The Labute approximate surface area is 117 Å². The van der Waals surface area contributed by atoms with Gasteiger partial charge in [0.15, 0.2) is 0 Å². The highest BCUT2D eigenvalue weighted by Crippen LogP contribution is 2.27. The molecule has 1 aromatic heterocycles. The molecular weight excluding hydrogens is 234 g/mol. The maximum Gasteiger partial charge on any atom is 0.0948 e. The van der Waals surface area contributed by atoms with Crippen LogP contribution in [0, 0.1) is 5.92 Å². The molecule has 1 aromatic rings. The van der Waals surface area contributed by atoms with Crippen molar-refractivity contribution < 1.29 is 0 Å². The number of aryl methyl sites for hydroxylation is 1. The van der Waals surface area contributed by atoms with Gasteiger partial charge in [-0.15, -0.1) is 0 Å². The lowest BCUT2D eigenvalue weighted by atomic mass is 9.83. The third-order valence-electron chi connectivity index (χ3n) is 4.47. The number of aromatic nitrogens is 2. The summed E-state index contributed by atoms with van der Waals surface area (Å²) in [5.41, 5.74) is 1.33. The summed E-state index contributed by atoms with van der Waals surface area (Å²) in [6, 6.07) is 0.685. The molecule has 2 rings (SSSR count). The SMILES string of the molecule is CCCn1cncc1CNC(CC)C1CCCCC1. The Kier molecular flexibility index (Phi) is 5.90. The van der Waals surface area contributed by atoms with E-state index in [2.05, 4.69) is 28.7 Å². The number of hydrogen-bond donors (Lipinski definition) is 1. The highest BCUT2D eigenvalue weighted by atomic mass is 15.1. The predicted molar refractivity (Wildman–Crippen MR) is 80.0 cm³/mol. The summed E-state index contributed by atoms with van der Waals surface area (Å²) < 4.78 is 2.28. The van der Waals surface area contributed by atoms with Crippen LogP contribution in [0.2, 0.25) is 0 Å². The first kappa shape index (κ1) is 14.6. The van der Waals surface area contributed by atoms with Gasteiger partial charge in [0.1, 0.15) is 0 Å². The molecule has 1 N–H and O–H groups in total. The fourth-order valence-corrected chi connectivity index (χ4v) is 3.35. The zero-order valence-electron chi connectivity index (χ0n) is 12.6. The largest absolute Gasteiger partial charge is 0.333 e. The van der Waals surface area contributed by atoms with Crippen molar-refractivity contribution >= 4 is 0 Å². The fourth-order valence-electron chi connectivity index (χ4n) is 3.35. The van der Waals surface area contributed by atoms with Crippen LogP contribution in [0.4, 0.5) is 0 Å². The molecule has 0 radical (unpaired) electrons. The average molecular weight is 263 g/mol. The molecule has 3 heteroatoms. The van der Waals surface area contributed by atoms with E-state index in [0.717, 1.165) is 19.0 Å². The van der Waals surface area contributed by atoms with Gasteiger partial charge in [-0.2, -0.15) is 0 Å². The molecule has 0 saturated heterocycles. The Hall–Kier alpha value is -0.830. The van der Waals surface area contributed by atoms with Crippen molar-refractivity contribution in [3.05, 3.63) is 18.2 Å². The van der Waals surface area contributed by atoms with Crippen LogP contribution in [-0.4, -0.2) is 15.6 Å². The second-order valence-electron chi connectivity index (χ2n) is 5.87. The number of imidazole rings is 1. The highest BCUT2D eigenvalue weighted by Gasteiger charge is 2.21. The Balaban J connectivity index is 1.86. The molecule has 3 nitrogen and oxygen atoms in total. The molecule has 1 aliphatic rings. The topological polar surface area (TPSA) is 29.9 Å². The van der Waals surface area contributed by atoms with E-state index in [1.54, 1.807) is 0 Å². The molecule has 19 heavy (non-hydrogen) atoms. The van der Waals surface area contributed by atoms with E-state index in [4.69, 9.17) is 0 Å². The third kappa shape index (κ3) is 4.07. The summed E-state index contributed by atoms with van der Waals surface area (Å²) in [5, 5.41) is 3.78. The zero-order valence-corrected chi connectivity index (χ0v) is 12.6. The van der Waals surface area contributed by atoms with Gasteiger partial charge >= 0.3 is 0 Å². The standard InChI is InChI=1S/C16H29N3/c1-3-10-19-13-17-11-15(19)12-18-16(4-2)14-8-6-5-7-9-14/h11,13-14,16,18H,3-10,12H2,1-2H3.